The molecular weight excluding hydrogens is 695 g/mol. The number of aliphatic carboxylic acids is 2. The predicted molar refractivity (Wildman–Crippen MR) is 172 cm³/mol. The Labute approximate surface area is 269 Å². The van der Waals surface area contributed by atoms with Crippen LogP contribution in [0.2, 0.25) is 0 Å². The third-order valence-corrected chi connectivity index (χ3v) is 7.86. The van der Waals surface area contributed by atoms with E-state index in [1.807, 2.05) is 0 Å². The van der Waals surface area contributed by atoms with Gasteiger partial charge >= 0.3 is 11.9 Å². The van der Waals surface area contributed by atoms with Gasteiger partial charge in [0.15, 0.2) is 0 Å². The summed E-state index contributed by atoms with van der Waals surface area (Å²) in [7, 11) is 0. The van der Waals surface area contributed by atoms with E-state index in [0.717, 1.165) is 38.5 Å². The second-order valence-corrected chi connectivity index (χ2v) is 12.0. The molecule has 0 radical (unpaired) electrons. The van der Waals surface area contributed by atoms with Crippen LogP contribution in [-0.4, -0.2) is 34.2 Å². The topological polar surface area (TPSA) is 127 Å². The zero-order chi connectivity index (χ0) is 30.1. The van der Waals surface area contributed by atoms with Crippen molar-refractivity contribution < 1.29 is 40.9 Å². The van der Waals surface area contributed by atoms with E-state index < -0.39 is 11.9 Å². The van der Waals surface area contributed by atoms with Gasteiger partial charge in [0.05, 0.1) is 0 Å². The van der Waals surface area contributed by atoms with Crippen LogP contribution in [0.5, 0.6) is 0 Å². The second-order valence-electron chi connectivity index (χ2n) is 12.0. The Balaban J connectivity index is -0.000000548. The predicted octanol–water partition coefficient (Wildman–Crippen LogP) is 9.76. The van der Waals surface area contributed by atoms with Crippen LogP contribution in [0.4, 0.5) is 0 Å². The van der Waals surface area contributed by atoms with Gasteiger partial charge in [-0.2, -0.15) is 0 Å². The van der Waals surface area contributed by atoms with Crippen LogP contribution in [0.1, 0.15) is 194 Å². The summed E-state index contributed by atoms with van der Waals surface area (Å²) in [5.41, 5.74) is 11.3. The normalized spacial score (nSPS) is 16.0. The smallest absolute Gasteiger partial charge is 0.303 e. The molecule has 0 aromatic rings. The number of rotatable bonds is 24. The second kappa shape index (κ2) is 37.6. The molecule has 0 aromatic carbocycles. The molecule has 0 aliphatic heterocycles. The Hall–Kier alpha value is -0.452. The molecule has 0 spiro atoms. The fraction of sp³-hybridized carbons (Fsp3) is 0.941. The fourth-order valence-electron chi connectivity index (χ4n) is 5.07. The average molecular weight is 766 g/mol. The summed E-state index contributed by atoms with van der Waals surface area (Å²) in [5.74, 6) is -1.31. The van der Waals surface area contributed by atoms with E-state index in [9.17, 15) is 9.59 Å². The first-order valence-corrected chi connectivity index (χ1v) is 17.3. The van der Waals surface area contributed by atoms with Crippen molar-refractivity contribution in [3.05, 3.63) is 0 Å². The Morgan fingerprint density at radius 2 is 0.707 bits per heavy atom. The van der Waals surface area contributed by atoms with E-state index in [4.69, 9.17) is 21.7 Å². The SMILES string of the molecule is CCCCCCCCCCCCCC(=O)O.CCCCCCCCCCCCCC(=O)O.NC1CCCCC1N.[Pt]. The summed E-state index contributed by atoms with van der Waals surface area (Å²) in [6.07, 6.45) is 33.5. The van der Waals surface area contributed by atoms with Gasteiger partial charge in [-0.3, -0.25) is 9.59 Å². The third-order valence-electron chi connectivity index (χ3n) is 7.86. The Bertz CT molecular complexity index is 491. The van der Waals surface area contributed by atoms with Crippen LogP contribution in [-0.2, 0) is 30.7 Å². The van der Waals surface area contributed by atoms with E-state index in [1.165, 1.54) is 128 Å². The van der Waals surface area contributed by atoms with Crippen molar-refractivity contribution in [1.82, 2.24) is 0 Å². The van der Waals surface area contributed by atoms with Crippen molar-refractivity contribution in [2.45, 2.75) is 206 Å². The van der Waals surface area contributed by atoms with Gasteiger partial charge in [-0.05, 0) is 25.7 Å². The van der Waals surface area contributed by atoms with E-state index in [2.05, 4.69) is 13.8 Å². The maximum atomic E-state index is 10.3. The van der Waals surface area contributed by atoms with Crippen molar-refractivity contribution in [2.75, 3.05) is 0 Å². The maximum absolute atomic E-state index is 10.3. The van der Waals surface area contributed by atoms with Gasteiger partial charge in [0.1, 0.15) is 0 Å². The van der Waals surface area contributed by atoms with E-state index in [-0.39, 0.29) is 33.1 Å². The van der Waals surface area contributed by atoms with Gasteiger partial charge in [0, 0.05) is 46.0 Å². The largest absolute Gasteiger partial charge is 0.481 e. The minimum absolute atomic E-state index is 0. The number of carboxylic acid groups (broad SMARTS) is 2. The van der Waals surface area contributed by atoms with Crippen LogP contribution < -0.4 is 11.5 Å². The summed E-state index contributed by atoms with van der Waals surface area (Å²) < 4.78 is 0. The van der Waals surface area contributed by atoms with Crippen LogP contribution in [0.25, 0.3) is 0 Å². The van der Waals surface area contributed by atoms with Crippen molar-refractivity contribution in [2.24, 2.45) is 11.5 Å². The maximum Gasteiger partial charge on any atom is 0.303 e. The molecule has 0 heterocycles. The molecule has 0 amide bonds. The molecule has 0 bridgehead atoms. The molecule has 1 aliphatic rings. The van der Waals surface area contributed by atoms with Crippen molar-refractivity contribution >= 4 is 11.9 Å². The number of carboxylic acids is 2. The zero-order valence-electron chi connectivity index (χ0n) is 27.1. The van der Waals surface area contributed by atoms with Gasteiger partial charge < -0.3 is 21.7 Å². The van der Waals surface area contributed by atoms with Crippen LogP contribution in [0, 0.1) is 0 Å². The monoisotopic (exact) mass is 765 g/mol. The quantitative estimate of drug-likeness (QED) is 0.0725. The first-order chi connectivity index (χ1) is 19.3. The van der Waals surface area contributed by atoms with Crippen LogP contribution in [0.3, 0.4) is 0 Å². The van der Waals surface area contributed by atoms with Crippen LogP contribution >= 0.6 is 0 Å². The minimum Gasteiger partial charge on any atom is -0.481 e. The summed E-state index contributed by atoms with van der Waals surface area (Å²) in [6, 6.07) is 0.562. The van der Waals surface area contributed by atoms with Crippen molar-refractivity contribution in [3.8, 4) is 0 Å². The van der Waals surface area contributed by atoms with Gasteiger partial charge in [0.25, 0.3) is 0 Å². The molecule has 1 rings (SSSR count). The number of hydrogen-bond donors (Lipinski definition) is 4. The molecule has 41 heavy (non-hydrogen) atoms. The minimum atomic E-state index is -0.657. The standard InChI is InChI=1S/2C14H28O2.C6H14N2.Pt/c2*1-2-3-4-5-6-7-8-9-10-11-12-13-14(15)16;7-5-3-1-2-4-6(5)8;/h2*2-13H2,1H3,(H,15,16);5-6H,1-4,7-8H2;. The molecule has 1 saturated carbocycles. The van der Waals surface area contributed by atoms with Gasteiger partial charge in [0.2, 0.25) is 0 Å². The fourth-order valence-corrected chi connectivity index (χ4v) is 5.07. The molecular formula is C34H70N2O4Pt. The Morgan fingerprint density at radius 1 is 0.488 bits per heavy atom. The molecule has 7 heteroatoms. The van der Waals surface area contributed by atoms with E-state index in [1.54, 1.807) is 0 Å². The molecule has 2 atom stereocenters. The Morgan fingerprint density at radius 3 is 0.902 bits per heavy atom. The van der Waals surface area contributed by atoms with Gasteiger partial charge in [-0.15, -0.1) is 0 Å². The molecule has 2 unspecified atom stereocenters. The van der Waals surface area contributed by atoms with Crippen LogP contribution in [0.15, 0.2) is 0 Å². The number of unbranched alkanes of at least 4 members (excludes halogenated alkanes) is 20. The first-order valence-electron chi connectivity index (χ1n) is 17.3. The molecule has 1 fully saturated rings. The van der Waals surface area contributed by atoms with Gasteiger partial charge in [-0.25, -0.2) is 0 Å². The summed E-state index contributed by atoms with van der Waals surface area (Å²) in [4.78, 5) is 20.5. The summed E-state index contributed by atoms with van der Waals surface area (Å²) >= 11 is 0. The first kappa shape index (κ1) is 45.0. The molecule has 6 N–H and O–H groups in total. The van der Waals surface area contributed by atoms with E-state index in [0.29, 0.717) is 12.8 Å². The number of hydrogen-bond acceptors (Lipinski definition) is 4. The molecule has 6 nitrogen and oxygen atoms in total. The Kier molecular flexibility index (Phi) is 41.2. The third kappa shape index (κ3) is 41.7. The number of nitrogens with two attached hydrogens (primary N) is 2. The van der Waals surface area contributed by atoms with Crippen molar-refractivity contribution in [1.29, 1.82) is 0 Å². The molecule has 0 saturated heterocycles. The van der Waals surface area contributed by atoms with Crippen molar-refractivity contribution in [3.63, 3.8) is 0 Å². The summed E-state index contributed by atoms with van der Waals surface area (Å²) in [5, 5.41) is 16.9. The number of carbonyl (C=O) groups is 2. The molecule has 250 valence electrons. The van der Waals surface area contributed by atoms with Gasteiger partial charge in [-0.1, -0.05) is 155 Å². The molecule has 1 aliphatic carbocycles. The zero-order valence-corrected chi connectivity index (χ0v) is 29.4. The summed E-state index contributed by atoms with van der Waals surface area (Å²) in [6.45, 7) is 4.49. The molecule has 0 aromatic heterocycles. The average Bonchev–Trinajstić information content (AvgIpc) is 2.92. The van der Waals surface area contributed by atoms with E-state index >= 15 is 0 Å².